The van der Waals surface area contributed by atoms with Gasteiger partial charge in [0, 0.05) is 25.7 Å². The number of nitrogens with one attached hydrogen (secondary N) is 2. The van der Waals surface area contributed by atoms with E-state index < -0.39 is 6.61 Å². The van der Waals surface area contributed by atoms with E-state index in [4.69, 9.17) is 0 Å². The minimum absolute atomic E-state index is 0. The van der Waals surface area contributed by atoms with E-state index in [0.717, 1.165) is 6.54 Å². The van der Waals surface area contributed by atoms with Crippen molar-refractivity contribution >= 4 is 29.9 Å². The van der Waals surface area contributed by atoms with E-state index in [1.807, 2.05) is 0 Å². The van der Waals surface area contributed by atoms with Crippen molar-refractivity contribution in [1.82, 2.24) is 10.6 Å². The fraction of sp³-hybridized carbons (Fsp3) is 0.588. The van der Waals surface area contributed by atoms with E-state index in [-0.39, 0.29) is 29.7 Å². The van der Waals surface area contributed by atoms with Gasteiger partial charge in [0.25, 0.3) is 0 Å². The number of guanidine groups is 1. The van der Waals surface area contributed by atoms with Crippen molar-refractivity contribution < 1.29 is 13.5 Å². The van der Waals surface area contributed by atoms with Gasteiger partial charge in [-0.15, -0.1) is 24.0 Å². The van der Waals surface area contributed by atoms with Crippen LogP contribution < -0.4 is 15.4 Å². The minimum atomic E-state index is -2.82. The number of benzene rings is 1. The van der Waals surface area contributed by atoms with Crippen LogP contribution in [0.15, 0.2) is 29.3 Å². The molecule has 0 amide bonds. The standard InChI is InChI=1S/C17H25F2N3O.HI/c1-17(9-5-6-10-17)12-22-16(20-2)21-11-13-7-3-4-8-14(13)23-15(18)19;/h3-4,7-8,15H,5-6,9-12H2,1-2H3,(H2,20,21,22);1H. The topological polar surface area (TPSA) is 45.7 Å². The van der Waals surface area contributed by atoms with Gasteiger partial charge in [0.15, 0.2) is 5.96 Å². The summed E-state index contributed by atoms with van der Waals surface area (Å²) in [6, 6.07) is 6.77. The molecule has 24 heavy (non-hydrogen) atoms. The van der Waals surface area contributed by atoms with Gasteiger partial charge in [0.2, 0.25) is 0 Å². The molecule has 1 fully saturated rings. The minimum Gasteiger partial charge on any atom is -0.434 e. The second-order valence-electron chi connectivity index (χ2n) is 6.28. The Morgan fingerprint density at radius 1 is 1.25 bits per heavy atom. The first-order valence-corrected chi connectivity index (χ1v) is 8.00. The van der Waals surface area contributed by atoms with Crippen LogP contribution in [0, 0.1) is 5.41 Å². The molecule has 1 aromatic carbocycles. The first kappa shape index (κ1) is 20.9. The fourth-order valence-corrected chi connectivity index (χ4v) is 2.96. The zero-order valence-electron chi connectivity index (χ0n) is 14.1. The maximum absolute atomic E-state index is 12.4. The highest BCUT2D eigenvalue weighted by Crippen LogP contribution is 2.36. The molecule has 0 radical (unpaired) electrons. The van der Waals surface area contributed by atoms with Crippen molar-refractivity contribution in [1.29, 1.82) is 0 Å². The lowest BCUT2D eigenvalue weighted by atomic mass is 9.89. The van der Waals surface area contributed by atoms with Gasteiger partial charge >= 0.3 is 6.61 Å². The number of hydrogen-bond acceptors (Lipinski definition) is 2. The third-order valence-electron chi connectivity index (χ3n) is 4.35. The first-order chi connectivity index (χ1) is 11.0. The number of aliphatic imine (C=N–C) groups is 1. The Labute approximate surface area is 159 Å². The van der Waals surface area contributed by atoms with Crippen molar-refractivity contribution in [3.05, 3.63) is 29.8 Å². The summed E-state index contributed by atoms with van der Waals surface area (Å²) in [4.78, 5) is 4.19. The van der Waals surface area contributed by atoms with Crippen LogP contribution in [-0.2, 0) is 6.54 Å². The maximum atomic E-state index is 12.4. The Morgan fingerprint density at radius 2 is 1.92 bits per heavy atom. The molecule has 0 bridgehead atoms. The molecule has 0 spiro atoms. The molecule has 1 aromatic rings. The number of halogens is 3. The Balaban J connectivity index is 0.00000288. The summed E-state index contributed by atoms with van der Waals surface area (Å²) in [6.45, 7) is 0.698. The lowest BCUT2D eigenvalue weighted by Crippen LogP contribution is -2.41. The van der Waals surface area contributed by atoms with E-state index in [1.165, 1.54) is 25.7 Å². The van der Waals surface area contributed by atoms with E-state index in [9.17, 15) is 8.78 Å². The molecule has 0 heterocycles. The second-order valence-corrected chi connectivity index (χ2v) is 6.28. The number of nitrogens with zero attached hydrogens (tertiary/aromatic N) is 1. The number of hydrogen-bond donors (Lipinski definition) is 2. The molecular formula is C17H26F2IN3O. The van der Waals surface area contributed by atoms with Crippen molar-refractivity contribution in [2.24, 2.45) is 10.4 Å². The first-order valence-electron chi connectivity index (χ1n) is 8.00. The predicted octanol–water partition coefficient (Wildman–Crippen LogP) is 4.15. The lowest BCUT2D eigenvalue weighted by Gasteiger charge is -2.25. The van der Waals surface area contributed by atoms with Gasteiger partial charge in [-0.1, -0.05) is 38.0 Å². The van der Waals surface area contributed by atoms with Crippen molar-refractivity contribution in [3.8, 4) is 5.75 Å². The third kappa shape index (κ3) is 6.41. The Hall–Kier alpha value is -1.12. The summed E-state index contributed by atoms with van der Waals surface area (Å²) in [5.74, 6) is 0.859. The molecule has 0 aliphatic heterocycles. The van der Waals surface area contributed by atoms with Crippen LogP contribution in [0.1, 0.15) is 38.2 Å². The Morgan fingerprint density at radius 3 is 2.54 bits per heavy atom. The van der Waals surface area contributed by atoms with Crippen molar-refractivity contribution in [2.75, 3.05) is 13.6 Å². The Kier molecular flexibility index (Phi) is 8.72. The molecular weight excluding hydrogens is 427 g/mol. The van der Waals surface area contributed by atoms with Crippen molar-refractivity contribution in [2.45, 2.75) is 45.8 Å². The number of para-hydroxylation sites is 1. The molecule has 136 valence electrons. The zero-order valence-corrected chi connectivity index (χ0v) is 16.5. The average Bonchev–Trinajstić information content (AvgIpc) is 2.95. The summed E-state index contributed by atoms with van der Waals surface area (Å²) in [7, 11) is 1.70. The fourth-order valence-electron chi connectivity index (χ4n) is 2.96. The molecule has 0 atom stereocenters. The van der Waals surface area contributed by atoms with Gasteiger partial charge in [0.1, 0.15) is 5.75 Å². The Bertz CT molecular complexity index is 534. The summed E-state index contributed by atoms with van der Waals surface area (Å²) >= 11 is 0. The highest BCUT2D eigenvalue weighted by Gasteiger charge is 2.28. The molecule has 0 saturated heterocycles. The SMILES string of the molecule is CN=C(NCc1ccccc1OC(F)F)NCC1(C)CCCC1.I. The highest BCUT2D eigenvalue weighted by molar-refractivity contribution is 14.0. The third-order valence-corrected chi connectivity index (χ3v) is 4.35. The van der Waals surface area contributed by atoms with Crippen LogP contribution in [0.25, 0.3) is 0 Å². The molecule has 2 rings (SSSR count). The number of ether oxygens (including phenoxy) is 1. The van der Waals surface area contributed by atoms with E-state index in [1.54, 1.807) is 31.3 Å². The highest BCUT2D eigenvalue weighted by atomic mass is 127. The maximum Gasteiger partial charge on any atom is 0.387 e. The second kappa shape index (κ2) is 10.0. The molecule has 1 saturated carbocycles. The largest absolute Gasteiger partial charge is 0.434 e. The summed E-state index contributed by atoms with van der Waals surface area (Å²) in [5.41, 5.74) is 0.983. The number of alkyl halides is 2. The van der Waals surface area contributed by atoms with Gasteiger partial charge in [-0.2, -0.15) is 8.78 Å². The normalized spacial score (nSPS) is 16.6. The summed E-state index contributed by atoms with van der Waals surface area (Å²) in [6.07, 6.45) is 5.01. The molecule has 4 nitrogen and oxygen atoms in total. The van der Waals surface area contributed by atoms with Crippen LogP contribution in [0.3, 0.4) is 0 Å². The summed E-state index contributed by atoms with van der Waals surface area (Å²) < 4.78 is 29.4. The van der Waals surface area contributed by atoms with Gasteiger partial charge in [0.05, 0.1) is 0 Å². The van der Waals surface area contributed by atoms with Crippen LogP contribution >= 0.6 is 24.0 Å². The quantitative estimate of drug-likeness (QED) is 0.387. The number of rotatable bonds is 6. The molecule has 0 unspecified atom stereocenters. The van der Waals surface area contributed by atoms with Crippen LogP contribution in [0.5, 0.6) is 5.75 Å². The van der Waals surface area contributed by atoms with Gasteiger partial charge in [-0.25, -0.2) is 0 Å². The monoisotopic (exact) mass is 453 g/mol. The lowest BCUT2D eigenvalue weighted by molar-refractivity contribution is -0.0504. The van der Waals surface area contributed by atoms with Crippen LogP contribution in [0.2, 0.25) is 0 Å². The predicted molar refractivity (Wildman–Crippen MR) is 103 cm³/mol. The molecule has 1 aliphatic carbocycles. The molecule has 0 aromatic heterocycles. The summed E-state index contributed by atoms with van der Waals surface area (Å²) in [5, 5.41) is 6.49. The van der Waals surface area contributed by atoms with Gasteiger partial charge in [-0.3, -0.25) is 4.99 Å². The molecule has 1 aliphatic rings. The van der Waals surface area contributed by atoms with Crippen LogP contribution in [0.4, 0.5) is 8.78 Å². The average molecular weight is 453 g/mol. The van der Waals surface area contributed by atoms with Gasteiger partial charge < -0.3 is 15.4 Å². The van der Waals surface area contributed by atoms with E-state index in [2.05, 4.69) is 27.3 Å². The zero-order chi connectivity index (χ0) is 16.7. The van der Waals surface area contributed by atoms with Crippen molar-refractivity contribution in [3.63, 3.8) is 0 Å². The molecule has 7 heteroatoms. The smallest absolute Gasteiger partial charge is 0.387 e. The molecule has 2 N–H and O–H groups in total. The van der Waals surface area contributed by atoms with Gasteiger partial charge in [-0.05, 0) is 24.3 Å². The van der Waals surface area contributed by atoms with E-state index >= 15 is 0 Å². The van der Waals surface area contributed by atoms with Crippen LogP contribution in [-0.4, -0.2) is 26.2 Å². The van der Waals surface area contributed by atoms with E-state index in [0.29, 0.717) is 23.5 Å².